The Morgan fingerprint density at radius 2 is 1.68 bits per heavy atom. The minimum absolute atomic E-state index is 0.191. The van der Waals surface area contributed by atoms with Crippen LogP contribution in [0.5, 0.6) is 11.5 Å². The molecule has 1 amide bonds. The molecule has 0 saturated heterocycles. The number of amides is 1. The van der Waals surface area contributed by atoms with Crippen molar-refractivity contribution in [3.05, 3.63) is 23.8 Å². The van der Waals surface area contributed by atoms with Crippen molar-refractivity contribution in [3.8, 4) is 11.5 Å². The number of carbonyl (C=O) groups is 1. The average molecular weight is 286 g/mol. The summed E-state index contributed by atoms with van der Waals surface area (Å²) < 4.78 is 10.3. The molecule has 0 aromatic heterocycles. The highest BCUT2D eigenvalue weighted by Crippen LogP contribution is 2.23. The quantitative estimate of drug-likeness (QED) is 0.846. The van der Waals surface area contributed by atoms with Crippen LogP contribution in [0, 0.1) is 0 Å². The Kier molecular flexibility index (Phi) is 5.06. The fourth-order valence-electron chi connectivity index (χ4n) is 1.40. The molecule has 0 heterocycles. The van der Waals surface area contributed by atoms with Crippen molar-refractivity contribution in [1.29, 1.82) is 0 Å². The molecule has 0 saturated carbocycles. The van der Waals surface area contributed by atoms with Gasteiger partial charge in [0.1, 0.15) is 11.5 Å². The lowest BCUT2D eigenvalue weighted by atomic mass is 10.0. The zero-order valence-electron chi connectivity index (χ0n) is 11.9. The molecule has 0 fully saturated rings. The van der Waals surface area contributed by atoms with E-state index >= 15 is 0 Å². The molecule has 1 atom stereocenters. The number of ether oxygens (including phenoxy) is 2. The van der Waals surface area contributed by atoms with E-state index in [2.05, 4.69) is 5.32 Å². The molecule has 0 bridgehead atoms. The number of benzene rings is 1. The molecular formula is C14H20ClNO3. The lowest BCUT2D eigenvalue weighted by molar-refractivity contribution is 0.0911. The van der Waals surface area contributed by atoms with E-state index in [1.165, 1.54) is 0 Å². The first-order chi connectivity index (χ1) is 8.80. The topological polar surface area (TPSA) is 47.6 Å². The monoisotopic (exact) mass is 285 g/mol. The first-order valence-electron chi connectivity index (χ1n) is 6.00. The number of rotatable bonds is 5. The van der Waals surface area contributed by atoms with Gasteiger partial charge in [-0.1, -0.05) is 0 Å². The van der Waals surface area contributed by atoms with Gasteiger partial charge in [-0.3, -0.25) is 4.79 Å². The van der Waals surface area contributed by atoms with E-state index in [0.717, 1.165) is 0 Å². The lowest BCUT2D eigenvalue weighted by Gasteiger charge is -2.29. The molecule has 0 aliphatic heterocycles. The number of carbonyl (C=O) groups excluding carboxylic acids is 1. The molecule has 19 heavy (non-hydrogen) atoms. The third kappa shape index (κ3) is 4.03. The first-order valence-corrected chi connectivity index (χ1v) is 6.43. The van der Waals surface area contributed by atoms with Gasteiger partial charge < -0.3 is 14.8 Å². The van der Waals surface area contributed by atoms with Crippen molar-refractivity contribution in [2.45, 2.75) is 31.7 Å². The summed E-state index contributed by atoms with van der Waals surface area (Å²) in [6.07, 6.45) is 0. The standard InChI is InChI=1S/C14H20ClNO3/c1-9(15)14(2,3)16-13(17)10-6-11(18-4)8-12(7-10)19-5/h6-9H,1-5H3,(H,16,17). The summed E-state index contributed by atoms with van der Waals surface area (Å²) in [6, 6.07) is 5.03. The normalized spacial score (nSPS) is 12.7. The molecule has 0 radical (unpaired) electrons. The highest BCUT2D eigenvalue weighted by molar-refractivity contribution is 6.21. The van der Waals surface area contributed by atoms with Crippen LogP contribution in [0.1, 0.15) is 31.1 Å². The summed E-state index contributed by atoms with van der Waals surface area (Å²) in [5.41, 5.74) is -0.0313. The van der Waals surface area contributed by atoms with Crippen molar-refractivity contribution >= 4 is 17.5 Å². The first kappa shape index (κ1) is 15.6. The summed E-state index contributed by atoms with van der Waals surface area (Å²) >= 11 is 6.05. The molecule has 1 rings (SSSR count). The molecule has 1 N–H and O–H groups in total. The second-order valence-electron chi connectivity index (χ2n) is 4.89. The van der Waals surface area contributed by atoms with Gasteiger partial charge in [-0.15, -0.1) is 11.6 Å². The fraction of sp³-hybridized carbons (Fsp3) is 0.500. The van der Waals surface area contributed by atoms with Crippen molar-refractivity contribution in [2.24, 2.45) is 0 Å². The van der Waals surface area contributed by atoms with Gasteiger partial charge in [-0.2, -0.15) is 0 Å². The average Bonchev–Trinajstić information content (AvgIpc) is 2.37. The Morgan fingerprint density at radius 3 is 2.05 bits per heavy atom. The van der Waals surface area contributed by atoms with Gasteiger partial charge in [-0.25, -0.2) is 0 Å². The van der Waals surface area contributed by atoms with Gasteiger partial charge in [-0.05, 0) is 32.9 Å². The van der Waals surface area contributed by atoms with Crippen molar-refractivity contribution in [2.75, 3.05) is 14.2 Å². The molecular weight excluding hydrogens is 266 g/mol. The second-order valence-corrected chi connectivity index (χ2v) is 5.55. The lowest BCUT2D eigenvalue weighted by Crippen LogP contribution is -2.49. The van der Waals surface area contributed by atoms with Crippen molar-refractivity contribution in [3.63, 3.8) is 0 Å². The maximum absolute atomic E-state index is 12.2. The van der Waals surface area contributed by atoms with E-state index in [1.54, 1.807) is 32.4 Å². The van der Waals surface area contributed by atoms with Crippen LogP contribution in [-0.2, 0) is 0 Å². The molecule has 1 unspecified atom stereocenters. The van der Waals surface area contributed by atoms with E-state index < -0.39 is 5.54 Å². The molecule has 0 aliphatic carbocycles. The Labute approximate surface area is 119 Å². The number of hydrogen-bond donors (Lipinski definition) is 1. The summed E-state index contributed by atoms with van der Waals surface area (Å²) in [4.78, 5) is 12.2. The van der Waals surface area contributed by atoms with Crippen LogP contribution in [-0.4, -0.2) is 31.0 Å². The number of methoxy groups -OCH3 is 2. The van der Waals surface area contributed by atoms with Gasteiger partial charge in [0, 0.05) is 11.6 Å². The number of alkyl halides is 1. The van der Waals surface area contributed by atoms with Crippen LogP contribution in [0.2, 0.25) is 0 Å². The largest absolute Gasteiger partial charge is 0.497 e. The smallest absolute Gasteiger partial charge is 0.252 e. The van der Waals surface area contributed by atoms with Crippen LogP contribution >= 0.6 is 11.6 Å². The Hall–Kier alpha value is -1.42. The maximum Gasteiger partial charge on any atom is 0.252 e. The van der Waals surface area contributed by atoms with Gasteiger partial charge in [0.05, 0.1) is 25.1 Å². The molecule has 0 spiro atoms. The highest BCUT2D eigenvalue weighted by atomic mass is 35.5. The van der Waals surface area contributed by atoms with Crippen LogP contribution in [0.25, 0.3) is 0 Å². The fourth-order valence-corrected chi connectivity index (χ4v) is 1.46. The van der Waals surface area contributed by atoms with Gasteiger partial charge in [0.2, 0.25) is 0 Å². The Bertz CT molecular complexity index is 436. The highest BCUT2D eigenvalue weighted by Gasteiger charge is 2.26. The van der Waals surface area contributed by atoms with Crippen LogP contribution in [0.4, 0.5) is 0 Å². The zero-order chi connectivity index (χ0) is 14.6. The SMILES string of the molecule is COc1cc(OC)cc(C(=O)NC(C)(C)C(C)Cl)c1. The third-order valence-corrected chi connectivity index (χ3v) is 3.59. The van der Waals surface area contributed by atoms with Gasteiger partial charge in [0.15, 0.2) is 0 Å². The predicted molar refractivity (Wildman–Crippen MR) is 76.4 cm³/mol. The minimum atomic E-state index is -0.505. The molecule has 1 aromatic carbocycles. The number of halogens is 1. The zero-order valence-corrected chi connectivity index (χ0v) is 12.7. The Balaban J connectivity index is 2.99. The van der Waals surface area contributed by atoms with E-state index in [4.69, 9.17) is 21.1 Å². The molecule has 106 valence electrons. The summed E-state index contributed by atoms with van der Waals surface area (Å²) in [5, 5.41) is 2.70. The maximum atomic E-state index is 12.2. The molecule has 1 aromatic rings. The molecule has 4 nitrogen and oxygen atoms in total. The van der Waals surface area contributed by atoms with Crippen LogP contribution < -0.4 is 14.8 Å². The predicted octanol–water partition coefficient (Wildman–Crippen LogP) is 2.84. The molecule has 5 heteroatoms. The minimum Gasteiger partial charge on any atom is -0.497 e. The van der Waals surface area contributed by atoms with Gasteiger partial charge >= 0.3 is 0 Å². The van der Waals surface area contributed by atoms with E-state index in [9.17, 15) is 4.79 Å². The summed E-state index contributed by atoms with van der Waals surface area (Å²) in [6.45, 7) is 5.59. The third-order valence-electron chi connectivity index (χ3n) is 3.04. The Morgan fingerprint density at radius 1 is 1.21 bits per heavy atom. The second kappa shape index (κ2) is 6.15. The van der Waals surface area contributed by atoms with Crippen LogP contribution in [0.15, 0.2) is 18.2 Å². The van der Waals surface area contributed by atoms with Crippen molar-refractivity contribution < 1.29 is 14.3 Å². The van der Waals surface area contributed by atoms with Crippen LogP contribution in [0.3, 0.4) is 0 Å². The summed E-state index contributed by atoms with van der Waals surface area (Å²) in [5.74, 6) is 0.928. The molecule has 0 aliphatic rings. The number of hydrogen-bond acceptors (Lipinski definition) is 3. The van der Waals surface area contributed by atoms with Gasteiger partial charge in [0.25, 0.3) is 5.91 Å². The van der Waals surface area contributed by atoms with E-state index in [-0.39, 0.29) is 11.3 Å². The van der Waals surface area contributed by atoms with Crippen molar-refractivity contribution in [1.82, 2.24) is 5.32 Å². The van der Waals surface area contributed by atoms with E-state index in [0.29, 0.717) is 17.1 Å². The van der Waals surface area contributed by atoms with E-state index in [1.807, 2.05) is 20.8 Å². The summed E-state index contributed by atoms with van der Waals surface area (Å²) in [7, 11) is 3.09. The number of nitrogens with one attached hydrogen (secondary N) is 1.